The maximum absolute atomic E-state index is 5.70. The van der Waals surface area contributed by atoms with Crippen molar-refractivity contribution in [2.45, 2.75) is 33.6 Å². The molecule has 78 valence electrons. The van der Waals surface area contributed by atoms with Gasteiger partial charge in [0.05, 0.1) is 0 Å². The van der Waals surface area contributed by atoms with Crippen LogP contribution < -0.4 is 5.73 Å². The van der Waals surface area contributed by atoms with Crippen LogP contribution in [0.2, 0.25) is 0 Å². The monoisotopic (exact) mass is 191 g/mol. The summed E-state index contributed by atoms with van der Waals surface area (Å²) in [4.78, 5) is 0. The van der Waals surface area contributed by atoms with E-state index in [-0.39, 0.29) is 5.41 Å². The average molecular weight is 191 g/mol. The molecular weight excluding hydrogens is 170 g/mol. The van der Waals surface area contributed by atoms with Gasteiger partial charge in [0.1, 0.15) is 0 Å². The fraction of sp³-hybridized carbons (Fsp3) is 0.538. The molecular formula is C13H21N. The Morgan fingerprint density at radius 1 is 1.29 bits per heavy atom. The SMILES string of the molecule is Cc1cccc(CCC(C)(C)CN)c1. The molecule has 0 saturated carbocycles. The van der Waals surface area contributed by atoms with Gasteiger partial charge in [-0.1, -0.05) is 43.7 Å². The van der Waals surface area contributed by atoms with Gasteiger partial charge in [-0.15, -0.1) is 0 Å². The third kappa shape index (κ3) is 3.51. The second-order valence-electron chi connectivity index (χ2n) is 4.86. The van der Waals surface area contributed by atoms with Gasteiger partial charge in [-0.3, -0.25) is 0 Å². The van der Waals surface area contributed by atoms with E-state index in [1.165, 1.54) is 11.1 Å². The summed E-state index contributed by atoms with van der Waals surface area (Å²) in [5.41, 5.74) is 8.73. The topological polar surface area (TPSA) is 26.0 Å². The van der Waals surface area contributed by atoms with Crippen LogP contribution in [0.15, 0.2) is 24.3 Å². The maximum Gasteiger partial charge on any atom is -0.00257 e. The van der Waals surface area contributed by atoms with Gasteiger partial charge in [-0.05, 0) is 37.3 Å². The largest absolute Gasteiger partial charge is 0.330 e. The van der Waals surface area contributed by atoms with Crippen LogP contribution in [0.25, 0.3) is 0 Å². The Morgan fingerprint density at radius 3 is 2.57 bits per heavy atom. The lowest BCUT2D eigenvalue weighted by Gasteiger charge is -2.22. The van der Waals surface area contributed by atoms with Crippen LogP contribution >= 0.6 is 0 Å². The molecule has 0 aliphatic carbocycles. The van der Waals surface area contributed by atoms with Crippen molar-refractivity contribution in [3.05, 3.63) is 35.4 Å². The van der Waals surface area contributed by atoms with Crippen LogP contribution in [-0.2, 0) is 6.42 Å². The van der Waals surface area contributed by atoms with Crippen molar-refractivity contribution in [1.82, 2.24) is 0 Å². The van der Waals surface area contributed by atoms with Gasteiger partial charge in [0.15, 0.2) is 0 Å². The maximum atomic E-state index is 5.70. The Hall–Kier alpha value is -0.820. The third-order valence-corrected chi connectivity index (χ3v) is 2.73. The van der Waals surface area contributed by atoms with Crippen molar-refractivity contribution in [3.63, 3.8) is 0 Å². The molecule has 0 aliphatic rings. The summed E-state index contributed by atoms with van der Waals surface area (Å²) in [5, 5.41) is 0. The van der Waals surface area contributed by atoms with Gasteiger partial charge < -0.3 is 5.73 Å². The number of hydrogen-bond donors (Lipinski definition) is 1. The Balaban J connectivity index is 2.54. The van der Waals surface area contributed by atoms with Crippen LogP contribution in [0, 0.1) is 12.3 Å². The van der Waals surface area contributed by atoms with Crippen LogP contribution in [0.4, 0.5) is 0 Å². The predicted molar refractivity (Wildman–Crippen MR) is 62.3 cm³/mol. The van der Waals surface area contributed by atoms with Crippen LogP contribution in [-0.4, -0.2) is 6.54 Å². The van der Waals surface area contributed by atoms with E-state index in [2.05, 4.69) is 45.0 Å². The quantitative estimate of drug-likeness (QED) is 0.778. The van der Waals surface area contributed by atoms with E-state index in [0.29, 0.717) is 0 Å². The van der Waals surface area contributed by atoms with Crippen molar-refractivity contribution in [2.24, 2.45) is 11.1 Å². The van der Waals surface area contributed by atoms with E-state index in [1.807, 2.05) is 0 Å². The molecule has 0 bridgehead atoms. The van der Waals surface area contributed by atoms with Gasteiger partial charge in [0, 0.05) is 0 Å². The summed E-state index contributed by atoms with van der Waals surface area (Å²) in [5.74, 6) is 0. The van der Waals surface area contributed by atoms with Crippen LogP contribution in [0.5, 0.6) is 0 Å². The Bertz CT molecular complexity index is 289. The summed E-state index contributed by atoms with van der Waals surface area (Å²) >= 11 is 0. The van der Waals surface area contributed by atoms with Crippen molar-refractivity contribution in [2.75, 3.05) is 6.54 Å². The second kappa shape index (κ2) is 4.61. The number of hydrogen-bond acceptors (Lipinski definition) is 1. The lowest BCUT2D eigenvalue weighted by Crippen LogP contribution is -2.24. The van der Waals surface area contributed by atoms with E-state index < -0.39 is 0 Å². The van der Waals surface area contributed by atoms with E-state index in [4.69, 9.17) is 5.73 Å². The van der Waals surface area contributed by atoms with Gasteiger partial charge in [0.2, 0.25) is 0 Å². The summed E-state index contributed by atoms with van der Waals surface area (Å²) in [6, 6.07) is 8.71. The minimum Gasteiger partial charge on any atom is -0.330 e. The second-order valence-corrected chi connectivity index (χ2v) is 4.86. The first-order valence-corrected chi connectivity index (χ1v) is 5.29. The highest BCUT2D eigenvalue weighted by molar-refractivity contribution is 5.22. The third-order valence-electron chi connectivity index (χ3n) is 2.73. The van der Waals surface area contributed by atoms with Crippen LogP contribution in [0.1, 0.15) is 31.4 Å². The number of aryl methyl sites for hydroxylation is 2. The number of nitrogens with two attached hydrogens (primary N) is 1. The van der Waals surface area contributed by atoms with Gasteiger partial charge in [-0.2, -0.15) is 0 Å². The molecule has 1 aromatic carbocycles. The molecule has 1 nitrogen and oxygen atoms in total. The highest BCUT2D eigenvalue weighted by atomic mass is 14.6. The minimum absolute atomic E-state index is 0.268. The predicted octanol–water partition coefficient (Wildman–Crippen LogP) is 2.91. The van der Waals surface area contributed by atoms with E-state index >= 15 is 0 Å². The summed E-state index contributed by atoms with van der Waals surface area (Å²) in [6.45, 7) is 7.35. The molecule has 0 unspecified atom stereocenters. The average Bonchev–Trinajstić information content (AvgIpc) is 2.15. The molecule has 1 rings (SSSR count). The van der Waals surface area contributed by atoms with Crippen molar-refractivity contribution < 1.29 is 0 Å². The summed E-state index contributed by atoms with van der Waals surface area (Å²) < 4.78 is 0. The van der Waals surface area contributed by atoms with E-state index in [1.54, 1.807) is 0 Å². The van der Waals surface area contributed by atoms with E-state index in [0.717, 1.165) is 19.4 Å². The molecule has 0 aliphatic heterocycles. The fourth-order valence-corrected chi connectivity index (χ4v) is 1.45. The molecule has 0 radical (unpaired) electrons. The zero-order valence-corrected chi connectivity index (χ0v) is 9.51. The van der Waals surface area contributed by atoms with E-state index in [9.17, 15) is 0 Å². The molecule has 0 amide bonds. The van der Waals surface area contributed by atoms with Crippen LogP contribution in [0.3, 0.4) is 0 Å². The molecule has 1 heteroatoms. The molecule has 0 aromatic heterocycles. The molecule has 0 atom stereocenters. The Morgan fingerprint density at radius 2 is 2.00 bits per heavy atom. The molecule has 0 spiro atoms. The molecule has 14 heavy (non-hydrogen) atoms. The Labute approximate surface area is 87.3 Å². The first-order valence-electron chi connectivity index (χ1n) is 5.29. The normalized spacial score (nSPS) is 11.7. The summed E-state index contributed by atoms with van der Waals surface area (Å²) in [7, 11) is 0. The molecule has 1 aromatic rings. The standard InChI is InChI=1S/C13H21N/c1-11-5-4-6-12(9-11)7-8-13(2,3)10-14/h4-6,9H,7-8,10,14H2,1-3H3. The summed E-state index contributed by atoms with van der Waals surface area (Å²) in [6.07, 6.45) is 2.29. The number of rotatable bonds is 4. The molecule has 0 fully saturated rings. The van der Waals surface area contributed by atoms with Crippen molar-refractivity contribution in [3.8, 4) is 0 Å². The zero-order valence-electron chi connectivity index (χ0n) is 9.51. The highest BCUT2D eigenvalue weighted by Gasteiger charge is 2.14. The molecule has 0 heterocycles. The van der Waals surface area contributed by atoms with Gasteiger partial charge in [-0.25, -0.2) is 0 Å². The lowest BCUT2D eigenvalue weighted by molar-refractivity contribution is 0.348. The minimum atomic E-state index is 0.268. The number of benzene rings is 1. The van der Waals surface area contributed by atoms with Gasteiger partial charge in [0.25, 0.3) is 0 Å². The fourth-order valence-electron chi connectivity index (χ4n) is 1.45. The first kappa shape index (κ1) is 11.3. The smallest absolute Gasteiger partial charge is 0.00257 e. The molecule has 0 saturated heterocycles. The molecule has 2 N–H and O–H groups in total. The van der Waals surface area contributed by atoms with Crippen molar-refractivity contribution in [1.29, 1.82) is 0 Å². The van der Waals surface area contributed by atoms with Crippen molar-refractivity contribution >= 4 is 0 Å². The zero-order chi connectivity index (χ0) is 10.6. The Kier molecular flexibility index (Phi) is 3.70. The first-order chi connectivity index (χ1) is 6.53. The van der Waals surface area contributed by atoms with Gasteiger partial charge >= 0.3 is 0 Å². The highest BCUT2D eigenvalue weighted by Crippen LogP contribution is 2.21. The lowest BCUT2D eigenvalue weighted by atomic mass is 9.86.